The van der Waals surface area contributed by atoms with Crippen LogP contribution in [0.25, 0.3) is 0 Å². The molecule has 37 heavy (non-hydrogen) atoms. The van der Waals surface area contributed by atoms with E-state index in [0.717, 1.165) is 43.5 Å². The SMILES string of the molecule is CCC(Oc1ccc2c(c1)C[C@@H](N(Cc1ccccc1)C[C@H](O)c1cccc(Cl)c1)CCC2)C(C)=O.Cl. The number of aliphatic hydroxyl groups is 1. The molecule has 198 valence electrons. The summed E-state index contributed by atoms with van der Waals surface area (Å²) in [5.41, 5.74) is 4.67. The number of nitrogens with zero attached hydrogens (tertiary/aromatic N) is 1. The van der Waals surface area contributed by atoms with Gasteiger partial charge in [0.25, 0.3) is 0 Å². The minimum atomic E-state index is -0.634. The van der Waals surface area contributed by atoms with Gasteiger partial charge in [0.2, 0.25) is 0 Å². The number of aliphatic hydroxyl groups excluding tert-OH is 1. The maximum Gasteiger partial charge on any atom is 0.170 e. The number of rotatable bonds is 10. The number of benzene rings is 3. The van der Waals surface area contributed by atoms with Gasteiger partial charge >= 0.3 is 0 Å². The van der Waals surface area contributed by atoms with Crippen molar-refractivity contribution in [3.05, 3.63) is 100 Å². The smallest absolute Gasteiger partial charge is 0.170 e. The van der Waals surface area contributed by atoms with Crippen molar-refractivity contribution in [1.82, 2.24) is 4.90 Å². The molecule has 0 saturated carbocycles. The van der Waals surface area contributed by atoms with Gasteiger partial charge < -0.3 is 9.84 Å². The Balaban J connectivity index is 0.00000380. The van der Waals surface area contributed by atoms with E-state index in [9.17, 15) is 9.90 Å². The lowest BCUT2D eigenvalue weighted by atomic mass is 9.99. The van der Waals surface area contributed by atoms with Crippen molar-refractivity contribution in [2.75, 3.05) is 6.54 Å². The van der Waals surface area contributed by atoms with Crippen LogP contribution in [0.5, 0.6) is 5.75 Å². The van der Waals surface area contributed by atoms with Crippen LogP contribution < -0.4 is 4.74 Å². The predicted molar refractivity (Wildman–Crippen MR) is 153 cm³/mol. The summed E-state index contributed by atoms with van der Waals surface area (Å²) in [6, 6.07) is 24.5. The van der Waals surface area contributed by atoms with Crippen LogP contribution in [0.3, 0.4) is 0 Å². The molecule has 0 radical (unpaired) electrons. The highest BCUT2D eigenvalue weighted by Gasteiger charge is 2.26. The lowest BCUT2D eigenvalue weighted by molar-refractivity contribution is -0.123. The number of carbonyl (C=O) groups excluding carboxylic acids is 1. The molecule has 4 nitrogen and oxygen atoms in total. The summed E-state index contributed by atoms with van der Waals surface area (Å²) in [4.78, 5) is 14.3. The molecule has 1 N–H and O–H groups in total. The zero-order valence-electron chi connectivity index (χ0n) is 21.6. The van der Waals surface area contributed by atoms with E-state index in [4.69, 9.17) is 16.3 Å². The molecule has 3 aromatic carbocycles. The minimum Gasteiger partial charge on any atom is -0.483 e. The van der Waals surface area contributed by atoms with Crippen LogP contribution in [0, 0.1) is 0 Å². The molecule has 1 unspecified atom stereocenters. The molecule has 1 aliphatic rings. The second kappa shape index (κ2) is 14.0. The average Bonchev–Trinajstić information content (AvgIpc) is 3.09. The van der Waals surface area contributed by atoms with Gasteiger partial charge in [-0.05, 0) is 85.5 Å². The highest BCUT2D eigenvalue weighted by molar-refractivity contribution is 6.30. The fraction of sp³-hybridized carbons (Fsp3) is 0.387. The van der Waals surface area contributed by atoms with Crippen LogP contribution in [0.2, 0.25) is 5.02 Å². The molecule has 0 aromatic heterocycles. The van der Waals surface area contributed by atoms with E-state index >= 15 is 0 Å². The number of ether oxygens (including phenoxy) is 1. The van der Waals surface area contributed by atoms with E-state index in [1.54, 1.807) is 6.92 Å². The van der Waals surface area contributed by atoms with Gasteiger partial charge in [0, 0.05) is 24.2 Å². The first-order valence-corrected chi connectivity index (χ1v) is 13.3. The van der Waals surface area contributed by atoms with Crippen LogP contribution in [0.1, 0.15) is 61.5 Å². The normalized spacial score (nSPS) is 16.7. The van der Waals surface area contributed by atoms with Crippen LogP contribution in [-0.2, 0) is 24.2 Å². The van der Waals surface area contributed by atoms with E-state index < -0.39 is 12.2 Å². The zero-order chi connectivity index (χ0) is 25.5. The molecule has 3 atom stereocenters. The summed E-state index contributed by atoms with van der Waals surface area (Å²) in [7, 11) is 0. The zero-order valence-corrected chi connectivity index (χ0v) is 23.2. The van der Waals surface area contributed by atoms with E-state index in [0.29, 0.717) is 18.0 Å². The molecule has 0 spiro atoms. The Kier molecular flexibility index (Phi) is 11.0. The third-order valence-corrected chi connectivity index (χ3v) is 7.34. The molecular formula is C31H37Cl2NO3. The Labute approximate surface area is 232 Å². The third kappa shape index (κ3) is 8.05. The lowest BCUT2D eigenvalue weighted by Gasteiger charge is -2.33. The first-order chi connectivity index (χ1) is 17.4. The average molecular weight is 543 g/mol. The maximum atomic E-state index is 11.9. The van der Waals surface area contributed by atoms with Gasteiger partial charge in [-0.15, -0.1) is 12.4 Å². The molecule has 1 aliphatic carbocycles. The van der Waals surface area contributed by atoms with Crippen LogP contribution >= 0.6 is 24.0 Å². The number of fused-ring (bicyclic) bond motifs is 1. The van der Waals surface area contributed by atoms with Gasteiger partial charge in [-0.1, -0.05) is 67.1 Å². The summed E-state index contributed by atoms with van der Waals surface area (Å²) >= 11 is 6.20. The monoisotopic (exact) mass is 541 g/mol. The van der Waals surface area contributed by atoms with Gasteiger partial charge in [-0.2, -0.15) is 0 Å². The topological polar surface area (TPSA) is 49.8 Å². The fourth-order valence-electron chi connectivity index (χ4n) is 5.13. The number of ketones is 1. The second-order valence-electron chi connectivity index (χ2n) is 9.79. The third-order valence-electron chi connectivity index (χ3n) is 7.11. The molecule has 0 bridgehead atoms. The summed E-state index contributed by atoms with van der Waals surface area (Å²) in [5.74, 6) is 0.805. The van der Waals surface area contributed by atoms with Crippen molar-refractivity contribution < 1.29 is 14.6 Å². The Hall–Kier alpha value is -2.37. The second-order valence-corrected chi connectivity index (χ2v) is 10.2. The molecule has 4 rings (SSSR count). The van der Waals surface area contributed by atoms with Crippen molar-refractivity contribution in [3.63, 3.8) is 0 Å². The van der Waals surface area contributed by atoms with Crippen LogP contribution in [0.4, 0.5) is 0 Å². The molecular weight excluding hydrogens is 505 g/mol. The Morgan fingerprint density at radius 3 is 2.57 bits per heavy atom. The Bertz CT molecular complexity index is 1150. The van der Waals surface area contributed by atoms with Gasteiger partial charge in [0.1, 0.15) is 5.75 Å². The van der Waals surface area contributed by atoms with Crippen molar-refractivity contribution in [3.8, 4) is 5.75 Å². The molecule has 0 aliphatic heterocycles. The van der Waals surface area contributed by atoms with Crippen molar-refractivity contribution in [2.45, 2.75) is 70.7 Å². The summed E-state index contributed by atoms with van der Waals surface area (Å²) in [6.07, 6.45) is 3.64. The Morgan fingerprint density at radius 2 is 1.86 bits per heavy atom. The van der Waals surface area contributed by atoms with Gasteiger partial charge in [0.15, 0.2) is 11.9 Å². The molecule has 0 heterocycles. The number of halogens is 2. The summed E-state index contributed by atoms with van der Waals surface area (Å²) in [5, 5.41) is 11.8. The minimum absolute atomic E-state index is 0. The number of hydrogen-bond acceptors (Lipinski definition) is 4. The molecule has 3 aromatic rings. The highest BCUT2D eigenvalue weighted by Crippen LogP contribution is 2.30. The van der Waals surface area contributed by atoms with Crippen LogP contribution in [-0.4, -0.2) is 34.5 Å². The summed E-state index contributed by atoms with van der Waals surface area (Å²) < 4.78 is 6.04. The fourth-order valence-corrected chi connectivity index (χ4v) is 5.32. The standard InChI is InChI=1S/C31H36ClNO3.ClH/c1-3-31(22(2)34)36-29-16-15-24-11-8-14-28(18-26(24)19-29)33(20-23-9-5-4-6-10-23)21-30(35)25-12-7-13-27(32)17-25;/h4-7,9-10,12-13,15-17,19,28,30-31,35H,3,8,11,14,18,20-21H2,1-2H3;1H/t28-,30-,31?;/m0./s1. The maximum absolute atomic E-state index is 11.9. The first kappa shape index (κ1) is 29.2. The number of carbonyl (C=O) groups is 1. The van der Waals surface area contributed by atoms with Crippen molar-refractivity contribution in [1.29, 1.82) is 0 Å². The van der Waals surface area contributed by atoms with Crippen molar-refractivity contribution >= 4 is 29.8 Å². The number of Topliss-reactive ketones (excluding diaryl/α,β-unsaturated/α-hetero) is 1. The van der Waals surface area contributed by atoms with E-state index in [2.05, 4.69) is 41.3 Å². The van der Waals surface area contributed by atoms with E-state index in [-0.39, 0.29) is 24.2 Å². The lowest BCUT2D eigenvalue weighted by Crippen LogP contribution is -2.39. The largest absolute Gasteiger partial charge is 0.483 e. The van der Waals surface area contributed by atoms with Crippen molar-refractivity contribution in [2.24, 2.45) is 0 Å². The van der Waals surface area contributed by atoms with E-state index in [1.165, 1.54) is 16.7 Å². The van der Waals surface area contributed by atoms with E-state index in [1.807, 2.05) is 43.3 Å². The number of hydrogen-bond donors (Lipinski definition) is 1. The predicted octanol–water partition coefficient (Wildman–Crippen LogP) is 6.99. The van der Waals surface area contributed by atoms with Gasteiger partial charge in [-0.3, -0.25) is 9.69 Å². The summed E-state index contributed by atoms with van der Waals surface area (Å²) in [6.45, 7) is 4.84. The van der Waals surface area contributed by atoms with Gasteiger partial charge in [-0.25, -0.2) is 0 Å². The highest BCUT2D eigenvalue weighted by atomic mass is 35.5. The van der Waals surface area contributed by atoms with Crippen LogP contribution in [0.15, 0.2) is 72.8 Å². The quantitative estimate of drug-likeness (QED) is 0.281. The van der Waals surface area contributed by atoms with Gasteiger partial charge in [0.05, 0.1) is 6.10 Å². The molecule has 0 saturated heterocycles. The molecule has 0 fully saturated rings. The first-order valence-electron chi connectivity index (χ1n) is 12.9. The Morgan fingerprint density at radius 1 is 1.08 bits per heavy atom. The number of aryl methyl sites for hydroxylation is 1. The molecule has 0 amide bonds. The molecule has 6 heteroatoms.